The summed E-state index contributed by atoms with van der Waals surface area (Å²) in [5, 5.41) is 9.20. The number of aryl methyl sites for hydroxylation is 1. The van der Waals surface area contributed by atoms with Gasteiger partial charge in [0.05, 0.1) is 6.54 Å². The highest BCUT2D eigenvalue weighted by molar-refractivity contribution is 5.72. The molecule has 0 bridgehead atoms. The first-order chi connectivity index (χ1) is 14.1. The van der Waals surface area contributed by atoms with Gasteiger partial charge in [0.15, 0.2) is 6.10 Å². The normalized spacial score (nSPS) is 11.9. The van der Waals surface area contributed by atoms with Crippen LogP contribution in [0, 0.1) is 6.92 Å². The summed E-state index contributed by atoms with van der Waals surface area (Å²) in [6.45, 7) is 5.48. The summed E-state index contributed by atoms with van der Waals surface area (Å²) in [7, 11) is 0. The van der Waals surface area contributed by atoms with Crippen molar-refractivity contribution in [3.63, 3.8) is 0 Å². The van der Waals surface area contributed by atoms with E-state index in [-0.39, 0.29) is 0 Å². The van der Waals surface area contributed by atoms with E-state index in [9.17, 15) is 9.90 Å². The van der Waals surface area contributed by atoms with Crippen LogP contribution in [0.1, 0.15) is 18.2 Å². The fourth-order valence-corrected chi connectivity index (χ4v) is 3.24. The number of carbonyl (C=O) groups is 1. The number of aliphatic carboxylic acids is 1. The molecule has 0 radical (unpaired) electrons. The molecular weight excluding hydrogens is 368 g/mol. The number of aromatic nitrogens is 2. The number of pyridine rings is 1. The van der Waals surface area contributed by atoms with Gasteiger partial charge in [0, 0.05) is 42.4 Å². The average molecular weight is 394 g/mol. The standard InChI is InChI=1S/C23H26N2O4/c1-3-28-22(23(26)27)15-18-7-9-20(10-8-18)29-14-13-25-17(2)6-11-21(25)19-5-4-12-24-16-19/h4-12,16,22H,3,13-15H2,1-2H3,(H,26,27). The lowest BCUT2D eigenvalue weighted by atomic mass is 10.1. The van der Waals surface area contributed by atoms with Crippen LogP contribution in [-0.4, -0.2) is 39.9 Å². The Labute approximate surface area is 170 Å². The Bertz CT molecular complexity index is 920. The Kier molecular flexibility index (Phi) is 7.03. The van der Waals surface area contributed by atoms with E-state index in [2.05, 4.69) is 28.6 Å². The maximum absolute atomic E-state index is 11.2. The van der Waals surface area contributed by atoms with Crippen molar-refractivity contribution in [3.05, 3.63) is 72.2 Å². The zero-order valence-electron chi connectivity index (χ0n) is 16.7. The highest BCUT2D eigenvalue weighted by Gasteiger charge is 2.17. The van der Waals surface area contributed by atoms with Crippen molar-refractivity contribution in [3.8, 4) is 17.0 Å². The number of hydrogen-bond acceptors (Lipinski definition) is 4. The molecule has 1 N–H and O–H groups in total. The summed E-state index contributed by atoms with van der Waals surface area (Å²) in [6.07, 6.45) is 3.14. The van der Waals surface area contributed by atoms with Crippen molar-refractivity contribution in [2.24, 2.45) is 0 Å². The first-order valence-electron chi connectivity index (χ1n) is 9.71. The molecule has 0 aliphatic carbocycles. The van der Waals surface area contributed by atoms with Crippen LogP contribution in [0.4, 0.5) is 0 Å². The summed E-state index contributed by atoms with van der Waals surface area (Å²) < 4.78 is 13.4. The lowest BCUT2D eigenvalue weighted by Crippen LogP contribution is -2.26. The molecule has 0 fully saturated rings. The van der Waals surface area contributed by atoms with E-state index in [0.717, 1.165) is 29.1 Å². The Balaban J connectivity index is 1.58. The highest BCUT2D eigenvalue weighted by atomic mass is 16.5. The van der Waals surface area contributed by atoms with Crippen molar-refractivity contribution < 1.29 is 19.4 Å². The largest absolute Gasteiger partial charge is 0.492 e. The maximum atomic E-state index is 11.2. The van der Waals surface area contributed by atoms with Gasteiger partial charge in [-0.1, -0.05) is 12.1 Å². The van der Waals surface area contributed by atoms with Gasteiger partial charge in [0.2, 0.25) is 0 Å². The summed E-state index contributed by atoms with van der Waals surface area (Å²) in [5.41, 5.74) is 4.26. The number of hydrogen-bond donors (Lipinski definition) is 1. The third-order valence-electron chi connectivity index (χ3n) is 4.73. The second-order valence-corrected chi connectivity index (χ2v) is 6.73. The second kappa shape index (κ2) is 9.89. The van der Waals surface area contributed by atoms with E-state index >= 15 is 0 Å². The van der Waals surface area contributed by atoms with Gasteiger partial charge in [-0.15, -0.1) is 0 Å². The number of carboxylic acids is 1. The van der Waals surface area contributed by atoms with Gasteiger partial charge in [0.1, 0.15) is 12.4 Å². The smallest absolute Gasteiger partial charge is 0.333 e. The predicted octanol–water partition coefficient (Wildman–Crippen LogP) is 3.97. The molecule has 0 aliphatic heterocycles. The van der Waals surface area contributed by atoms with Crippen LogP contribution in [0.25, 0.3) is 11.3 Å². The van der Waals surface area contributed by atoms with Crippen LogP contribution in [0.15, 0.2) is 60.9 Å². The van der Waals surface area contributed by atoms with Crippen LogP contribution in [0.5, 0.6) is 5.75 Å². The molecule has 3 rings (SSSR count). The third-order valence-corrected chi connectivity index (χ3v) is 4.73. The monoisotopic (exact) mass is 394 g/mol. The molecule has 0 spiro atoms. The van der Waals surface area contributed by atoms with Crippen LogP contribution in [0.2, 0.25) is 0 Å². The second-order valence-electron chi connectivity index (χ2n) is 6.73. The molecule has 1 atom stereocenters. The number of rotatable bonds is 10. The fraction of sp³-hybridized carbons (Fsp3) is 0.304. The molecule has 0 aliphatic rings. The minimum absolute atomic E-state index is 0.334. The third kappa shape index (κ3) is 5.45. The van der Waals surface area contributed by atoms with E-state index < -0.39 is 12.1 Å². The molecule has 3 aromatic rings. The summed E-state index contributed by atoms with van der Waals surface area (Å²) in [6, 6.07) is 15.7. The Morgan fingerprint density at radius 1 is 1.17 bits per heavy atom. The van der Waals surface area contributed by atoms with Crippen molar-refractivity contribution >= 4 is 5.97 Å². The number of nitrogens with zero attached hydrogens (tertiary/aromatic N) is 2. The van der Waals surface area contributed by atoms with Crippen LogP contribution in [-0.2, 0) is 22.5 Å². The maximum Gasteiger partial charge on any atom is 0.333 e. The van der Waals surface area contributed by atoms with Crippen LogP contribution < -0.4 is 4.74 Å². The van der Waals surface area contributed by atoms with Crippen molar-refractivity contribution in [2.75, 3.05) is 13.2 Å². The van der Waals surface area contributed by atoms with E-state index in [1.165, 1.54) is 5.69 Å². The van der Waals surface area contributed by atoms with Gasteiger partial charge in [0.25, 0.3) is 0 Å². The van der Waals surface area contributed by atoms with Gasteiger partial charge in [-0.3, -0.25) is 4.98 Å². The average Bonchev–Trinajstić information content (AvgIpc) is 3.10. The number of carboxylic acid groups (broad SMARTS) is 1. The molecule has 0 amide bonds. The Morgan fingerprint density at radius 3 is 2.62 bits per heavy atom. The molecule has 6 nitrogen and oxygen atoms in total. The Hall–Kier alpha value is -3.12. The summed E-state index contributed by atoms with van der Waals surface area (Å²) in [4.78, 5) is 15.4. The summed E-state index contributed by atoms with van der Waals surface area (Å²) in [5.74, 6) is -0.191. The topological polar surface area (TPSA) is 73.6 Å². The molecule has 2 aromatic heterocycles. The van der Waals surface area contributed by atoms with Gasteiger partial charge in [-0.05, 0) is 55.8 Å². The molecule has 152 valence electrons. The highest BCUT2D eigenvalue weighted by Crippen LogP contribution is 2.22. The van der Waals surface area contributed by atoms with Crippen LogP contribution in [0.3, 0.4) is 0 Å². The number of benzene rings is 1. The van der Waals surface area contributed by atoms with Crippen molar-refractivity contribution in [1.29, 1.82) is 0 Å². The minimum Gasteiger partial charge on any atom is -0.492 e. The van der Waals surface area contributed by atoms with E-state index in [1.807, 2.05) is 42.6 Å². The van der Waals surface area contributed by atoms with Gasteiger partial charge < -0.3 is 19.1 Å². The molecule has 0 saturated carbocycles. The zero-order chi connectivity index (χ0) is 20.6. The molecule has 1 unspecified atom stereocenters. The quantitative estimate of drug-likeness (QED) is 0.563. The van der Waals surface area contributed by atoms with E-state index in [0.29, 0.717) is 19.6 Å². The van der Waals surface area contributed by atoms with Crippen LogP contribution >= 0.6 is 0 Å². The van der Waals surface area contributed by atoms with Gasteiger partial charge in [-0.25, -0.2) is 4.79 Å². The zero-order valence-corrected chi connectivity index (χ0v) is 16.7. The molecule has 6 heteroatoms. The van der Waals surface area contributed by atoms with Crippen molar-refractivity contribution in [2.45, 2.75) is 32.9 Å². The lowest BCUT2D eigenvalue weighted by molar-refractivity contribution is -0.149. The number of ether oxygens (including phenoxy) is 2. The lowest BCUT2D eigenvalue weighted by Gasteiger charge is -2.14. The van der Waals surface area contributed by atoms with Gasteiger partial charge >= 0.3 is 5.97 Å². The SMILES string of the molecule is CCOC(Cc1ccc(OCCn2c(C)ccc2-c2cccnc2)cc1)C(=O)O. The van der Waals surface area contributed by atoms with Crippen molar-refractivity contribution in [1.82, 2.24) is 9.55 Å². The molecule has 29 heavy (non-hydrogen) atoms. The molecular formula is C23H26N2O4. The first kappa shape index (κ1) is 20.6. The Morgan fingerprint density at radius 2 is 1.97 bits per heavy atom. The first-order valence-corrected chi connectivity index (χ1v) is 9.71. The molecule has 2 heterocycles. The summed E-state index contributed by atoms with van der Waals surface area (Å²) >= 11 is 0. The van der Waals surface area contributed by atoms with E-state index in [1.54, 1.807) is 13.1 Å². The predicted molar refractivity (Wildman–Crippen MR) is 111 cm³/mol. The molecule has 0 saturated heterocycles. The van der Waals surface area contributed by atoms with Gasteiger partial charge in [-0.2, -0.15) is 0 Å². The fourth-order valence-electron chi connectivity index (χ4n) is 3.24. The molecule has 1 aromatic carbocycles. The minimum atomic E-state index is -0.946. The van der Waals surface area contributed by atoms with E-state index in [4.69, 9.17) is 9.47 Å².